The van der Waals surface area contributed by atoms with Crippen molar-refractivity contribution in [2.45, 2.75) is 46.0 Å². The normalized spacial score (nSPS) is 15.5. The summed E-state index contributed by atoms with van der Waals surface area (Å²) in [6.45, 7) is 6.45. The molecule has 0 amide bonds. The third kappa shape index (κ3) is 3.24. The Kier molecular flexibility index (Phi) is 4.14. The molecule has 0 bridgehead atoms. The Morgan fingerprint density at radius 3 is 2.19 bits per heavy atom. The molecule has 4 aromatic rings. The fourth-order valence-corrected chi connectivity index (χ4v) is 5.12. The molecule has 1 aliphatic rings. The van der Waals surface area contributed by atoms with Crippen molar-refractivity contribution in [3.63, 3.8) is 0 Å². The van der Waals surface area contributed by atoms with Crippen LogP contribution in [-0.2, 0) is 5.41 Å². The average Bonchev–Trinajstić information content (AvgIpc) is 3.05. The van der Waals surface area contributed by atoms with Gasteiger partial charge < -0.3 is 4.90 Å². The first-order valence-electron chi connectivity index (χ1n) is 12.8. The van der Waals surface area contributed by atoms with Crippen LogP contribution in [0.15, 0.2) is 91.0 Å². The monoisotopic (exact) mass is 420 g/mol. The van der Waals surface area contributed by atoms with Crippen molar-refractivity contribution in [2.24, 2.45) is 0 Å². The maximum absolute atomic E-state index is 8.44. The van der Waals surface area contributed by atoms with Gasteiger partial charge in [-0.25, -0.2) is 0 Å². The largest absolute Gasteiger partial charge is 0.339 e. The molecule has 0 aliphatic heterocycles. The van der Waals surface area contributed by atoms with Crippen LogP contribution in [-0.4, -0.2) is 6.04 Å². The van der Waals surface area contributed by atoms with Crippen molar-refractivity contribution in [1.29, 1.82) is 0 Å². The van der Waals surface area contributed by atoms with Crippen molar-refractivity contribution >= 4 is 11.4 Å². The first-order chi connectivity index (χ1) is 16.6. The van der Waals surface area contributed by atoms with E-state index in [1.807, 2.05) is 30.3 Å². The Morgan fingerprint density at radius 1 is 0.719 bits per heavy atom. The maximum Gasteiger partial charge on any atom is 0.0446 e. The standard InChI is InChI=1S/C31H31N/c1-21(2)32(25-15-11-14-24(19-25)23-12-7-6-8-13-23)30-20-29-27(18-22(30)3)26-16-9-10-17-28(26)31(29,4)5/h6-21H,1-5H3/i3D3. The number of fused-ring (bicyclic) bond motifs is 3. The maximum atomic E-state index is 8.44. The SMILES string of the molecule is [2H]C([2H])([2H])c1cc2c(cc1N(c1cccc(-c3ccccc3)c1)C(C)C)C(C)(C)c1ccccc1-2. The molecule has 0 saturated carbocycles. The van der Waals surface area contributed by atoms with Gasteiger partial charge in [0.1, 0.15) is 0 Å². The first kappa shape index (κ1) is 17.3. The zero-order chi connectivity index (χ0) is 25.0. The van der Waals surface area contributed by atoms with E-state index in [4.69, 9.17) is 4.11 Å². The highest BCUT2D eigenvalue weighted by molar-refractivity contribution is 5.85. The van der Waals surface area contributed by atoms with Gasteiger partial charge in [0.15, 0.2) is 0 Å². The molecule has 0 heterocycles. The smallest absolute Gasteiger partial charge is 0.0446 e. The second-order valence-corrected chi connectivity index (χ2v) is 9.47. The number of aryl methyl sites for hydroxylation is 1. The number of anilines is 2. The highest BCUT2D eigenvalue weighted by Gasteiger charge is 2.36. The van der Waals surface area contributed by atoms with Crippen LogP contribution in [0.1, 0.15) is 48.5 Å². The molecule has 0 fully saturated rings. The summed E-state index contributed by atoms with van der Waals surface area (Å²) in [5, 5.41) is 0. The fourth-order valence-electron chi connectivity index (χ4n) is 5.12. The Bertz CT molecular complexity index is 1380. The number of hydrogen-bond acceptors (Lipinski definition) is 1. The van der Waals surface area contributed by atoms with E-state index in [2.05, 4.69) is 93.3 Å². The van der Waals surface area contributed by atoms with Gasteiger partial charge in [-0.15, -0.1) is 0 Å². The van der Waals surface area contributed by atoms with E-state index in [0.717, 1.165) is 33.6 Å². The highest BCUT2D eigenvalue weighted by Crippen LogP contribution is 2.51. The fraction of sp³-hybridized carbons (Fsp3) is 0.226. The second-order valence-electron chi connectivity index (χ2n) is 9.47. The Labute approximate surface area is 196 Å². The molecule has 0 radical (unpaired) electrons. The summed E-state index contributed by atoms with van der Waals surface area (Å²) in [4.78, 5) is 2.17. The molecule has 0 N–H and O–H groups in total. The number of rotatable bonds is 4. The molecule has 32 heavy (non-hydrogen) atoms. The van der Waals surface area contributed by atoms with Gasteiger partial charge in [-0.2, -0.15) is 0 Å². The number of nitrogens with zero attached hydrogens (tertiary/aromatic N) is 1. The Hall–Kier alpha value is -3.32. The quantitative estimate of drug-likeness (QED) is 0.320. The van der Waals surface area contributed by atoms with E-state index in [1.165, 1.54) is 11.1 Å². The molecule has 0 saturated heterocycles. The van der Waals surface area contributed by atoms with Crippen LogP contribution in [0.2, 0.25) is 0 Å². The minimum Gasteiger partial charge on any atom is -0.339 e. The van der Waals surface area contributed by atoms with Crippen LogP contribution in [0.4, 0.5) is 11.4 Å². The lowest BCUT2D eigenvalue weighted by molar-refractivity contribution is 0.659. The molecule has 5 rings (SSSR count). The van der Waals surface area contributed by atoms with Gasteiger partial charge in [-0.1, -0.05) is 80.6 Å². The Morgan fingerprint density at radius 2 is 1.44 bits per heavy atom. The van der Waals surface area contributed by atoms with Crippen LogP contribution in [0.25, 0.3) is 22.3 Å². The van der Waals surface area contributed by atoms with Gasteiger partial charge in [0.05, 0.1) is 0 Å². The van der Waals surface area contributed by atoms with Crippen LogP contribution in [0, 0.1) is 6.85 Å². The molecule has 160 valence electrons. The minimum atomic E-state index is -2.24. The van der Waals surface area contributed by atoms with Gasteiger partial charge in [0.25, 0.3) is 0 Å². The van der Waals surface area contributed by atoms with Crippen molar-refractivity contribution in [1.82, 2.24) is 0 Å². The molecular weight excluding hydrogens is 386 g/mol. The summed E-state index contributed by atoms with van der Waals surface area (Å²) in [6, 6.07) is 31.1. The minimum absolute atomic E-state index is 0.0621. The lowest BCUT2D eigenvalue weighted by Gasteiger charge is -2.32. The summed E-state index contributed by atoms with van der Waals surface area (Å²) < 4.78 is 25.3. The van der Waals surface area contributed by atoms with Crippen molar-refractivity contribution in [3.05, 3.63) is 108 Å². The molecule has 1 aliphatic carbocycles. The van der Waals surface area contributed by atoms with Crippen LogP contribution in [0.5, 0.6) is 0 Å². The molecule has 4 aromatic carbocycles. The van der Waals surface area contributed by atoms with Gasteiger partial charge in [0.2, 0.25) is 0 Å². The van der Waals surface area contributed by atoms with E-state index in [-0.39, 0.29) is 11.5 Å². The predicted molar refractivity (Wildman–Crippen MR) is 138 cm³/mol. The number of benzene rings is 4. The van der Waals surface area contributed by atoms with E-state index in [1.54, 1.807) is 0 Å². The number of hydrogen-bond donors (Lipinski definition) is 0. The van der Waals surface area contributed by atoms with Gasteiger partial charge in [-0.3, -0.25) is 0 Å². The van der Waals surface area contributed by atoms with E-state index in [9.17, 15) is 0 Å². The van der Waals surface area contributed by atoms with Crippen molar-refractivity contribution in [3.8, 4) is 22.3 Å². The molecule has 0 unspecified atom stereocenters. The lowest BCUT2D eigenvalue weighted by atomic mass is 9.82. The first-order valence-corrected chi connectivity index (χ1v) is 11.3. The van der Waals surface area contributed by atoms with Crippen molar-refractivity contribution in [2.75, 3.05) is 4.90 Å². The third-order valence-electron chi connectivity index (χ3n) is 6.71. The highest BCUT2D eigenvalue weighted by atomic mass is 15.2. The molecule has 0 spiro atoms. The molecule has 1 heteroatoms. The molecule has 1 nitrogen and oxygen atoms in total. The summed E-state index contributed by atoms with van der Waals surface area (Å²) >= 11 is 0. The Balaban J connectivity index is 1.73. The molecule has 0 atom stereocenters. The third-order valence-corrected chi connectivity index (χ3v) is 6.71. The average molecular weight is 421 g/mol. The van der Waals surface area contributed by atoms with E-state index < -0.39 is 6.85 Å². The second kappa shape index (κ2) is 7.67. The molecular formula is C31H31N. The van der Waals surface area contributed by atoms with Crippen LogP contribution < -0.4 is 4.90 Å². The van der Waals surface area contributed by atoms with Crippen LogP contribution >= 0.6 is 0 Å². The summed E-state index contributed by atoms with van der Waals surface area (Å²) in [5.41, 5.74) is 8.75. The van der Waals surface area contributed by atoms with Crippen molar-refractivity contribution < 1.29 is 4.11 Å². The molecule has 0 aromatic heterocycles. The van der Waals surface area contributed by atoms with E-state index in [0.29, 0.717) is 5.56 Å². The van der Waals surface area contributed by atoms with Gasteiger partial charge in [0, 0.05) is 26.9 Å². The van der Waals surface area contributed by atoms with Gasteiger partial charge in [-0.05, 0) is 83.9 Å². The summed E-state index contributed by atoms with van der Waals surface area (Å²) in [5.74, 6) is 0. The topological polar surface area (TPSA) is 3.24 Å². The zero-order valence-corrected chi connectivity index (χ0v) is 19.2. The van der Waals surface area contributed by atoms with E-state index >= 15 is 0 Å². The summed E-state index contributed by atoms with van der Waals surface area (Å²) in [7, 11) is 0. The summed E-state index contributed by atoms with van der Waals surface area (Å²) in [6.07, 6.45) is 0. The van der Waals surface area contributed by atoms with Crippen LogP contribution in [0.3, 0.4) is 0 Å². The predicted octanol–water partition coefficient (Wildman–Crippen LogP) is 8.51. The zero-order valence-electron chi connectivity index (χ0n) is 22.2. The lowest BCUT2D eigenvalue weighted by Crippen LogP contribution is -2.27. The van der Waals surface area contributed by atoms with Gasteiger partial charge >= 0.3 is 0 Å².